The van der Waals surface area contributed by atoms with Crippen LogP contribution in [0.3, 0.4) is 0 Å². The predicted octanol–water partition coefficient (Wildman–Crippen LogP) is 2.59. The number of hydrogen-bond acceptors (Lipinski definition) is 2. The standard InChI is InChI=1S/C11H13N3.ClH/c1-2-14(13-9-3-4-10-13)11-5-7-12-8-6-11;/h3-10H,2H2,1H3;1H. The first-order valence-electron chi connectivity index (χ1n) is 4.72. The van der Waals surface area contributed by atoms with Crippen LogP contribution in [0.1, 0.15) is 6.92 Å². The summed E-state index contributed by atoms with van der Waals surface area (Å²) in [6.07, 6.45) is 7.68. The monoisotopic (exact) mass is 223 g/mol. The Labute approximate surface area is 95.7 Å². The highest BCUT2D eigenvalue weighted by molar-refractivity contribution is 5.85. The lowest BCUT2D eigenvalue weighted by atomic mass is 10.4. The first-order chi connectivity index (χ1) is 6.92. The van der Waals surface area contributed by atoms with Crippen molar-refractivity contribution in [1.82, 2.24) is 9.66 Å². The minimum Gasteiger partial charge on any atom is -0.282 e. The summed E-state index contributed by atoms with van der Waals surface area (Å²) >= 11 is 0. The summed E-state index contributed by atoms with van der Waals surface area (Å²) in [5.41, 5.74) is 1.15. The van der Waals surface area contributed by atoms with Crippen LogP contribution in [0.15, 0.2) is 49.1 Å². The maximum atomic E-state index is 4.01. The van der Waals surface area contributed by atoms with Crippen LogP contribution in [0.4, 0.5) is 5.69 Å². The molecular formula is C11H14ClN3. The van der Waals surface area contributed by atoms with Gasteiger partial charge < -0.3 is 0 Å². The number of hydrogen-bond donors (Lipinski definition) is 0. The minimum atomic E-state index is 0. The Morgan fingerprint density at radius 2 is 1.80 bits per heavy atom. The SMILES string of the molecule is CCN(c1ccncc1)n1cccc1.Cl. The molecular weight excluding hydrogens is 210 g/mol. The number of anilines is 1. The molecule has 2 rings (SSSR count). The molecule has 0 bridgehead atoms. The molecule has 0 unspecified atom stereocenters. The molecule has 4 heteroatoms. The van der Waals surface area contributed by atoms with Crippen LogP contribution < -0.4 is 5.01 Å². The van der Waals surface area contributed by atoms with Crippen molar-refractivity contribution < 1.29 is 0 Å². The molecule has 0 N–H and O–H groups in total. The zero-order valence-corrected chi connectivity index (χ0v) is 9.39. The molecule has 0 aliphatic carbocycles. The maximum absolute atomic E-state index is 4.01. The quantitative estimate of drug-likeness (QED) is 0.798. The number of nitrogens with zero attached hydrogens (tertiary/aromatic N) is 3. The van der Waals surface area contributed by atoms with Crippen molar-refractivity contribution >= 4 is 18.1 Å². The molecule has 3 nitrogen and oxygen atoms in total. The molecule has 2 aromatic heterocycles. The second kappa shape index (κ2) is 5.41. The maximum Gasteiger partial charge on any atom is 0.0608 e. The van der Waals surface area contributed by atoms with Crippen LogP contribution in [0.5, 0.6) is 0 Å². The molecule has 0 amide bonds. The second-order valence-corrected chi connectivity index (χ2v) is 2.98. The summed E-state index contributed by atoms with van der Waals surface area (Å²) in [6, 6.07) is 8.04. The first kappa shape index (κ1) is 11.6. The molecule has 0 aliphatic rings. The Balaban J connectivity index is 0.00000112. The normalized spacial score (nSPS) is 9.40. The third-order valence-corrected chi connectivity index (χ3v) is 2.13. The summed E-state index contributed by atoms with van der Waals surface area (Å²) < 4.78 is 2.06. The Morgan fingerprint density at radius 3 is 2.33 bits per heavy atom. The van der Waals surface area contributed by atoms with Gasteiger partial charge in [0.2, 0.25) is 0 Å². The van der Waals surface area contributed by atoms with E-state index in [0.717, 1.165) is 12.2 Å². The summed E-state index contributed by atoms with van der Waals surface area (Å²) in [7, 11) is 0. The van der Waals surface area contributed by atoms with E-state index in [4.69, 9.17) is 0 Å². The first-order valence-corrected chi connectivity index (χ1v) is 4.72. The number of rotatable bonds is 3. The lowest BCUT2D eigenvalue weighted by molar-refractivity contribution is 0.717. The Hall–Kier alpha value is -1.48. The van der Waals surface area contributed by atoms with Crippen molar-refractivity contribution in [2.24, 2.45) is 0 Å². The van der Waals surface area contributed by atoms with Crippen LogP contribution in [-0.2, 0) is 0 Å². The van der Waals surface area contributed by atoms with Crippen LogP contribution in [0.25, 0.3) is 0 Å². The van der Waals surface area contributed by atoms with Gasteiger partial charge in [-0.1, -0.05) is 0 Å². The van der Waals surface area contributed by atoms with Crippen molar-refractivity contribution in [3.8, 4) is 0 Å². The average Bonchev–Trinajstić information content (AvgIpc) is 2.74. The number of aromatic nitrogens is 2. The van der Waals surface area contributed by atoms with E-state index in [1.807, 2.05) is 49.1 Å². The van der Waals surface area contributed by atoms with Crippen LogP contribution in [-0.4, -0.2) is 16.2 Å². The Morgan fingerprint density at radius 1 is 1.20 bits per heavy atom. The van der Waals surface area contributed by atoms with Gasteiger partial charge in [0.25, 0.3) is 0 Å². The molecule has 2 heterocycles. The molecule has 0 aromatic carbocycles. The Bertz CT molecular complexity index is 372. The van der Waals surface area contributed by atoms with Crippen molar-refractivity contribution in [2.45, 2.75) is 6.92 Å². The van der Waals surface area contributed by atoms with Gasteiger partial charge in [0.05, 0.1) is 5.69 Å². The molecule has 0 saturated heterocycles. The average molecular weight is 224 g/mol. The van der Waals surface area contributed by atoms with Gasteiger partial charge in [-0.15, -0.1) is 12.4 Å². The summed E-state index contributed by atoms with van der Waals surface area (Å²) in [5, 5.41) is 2.17. The van der Waals surface area contributed by atoms with Crippen molar-refractivity contribution in [2.75, 3.05) is 11.6 Å². The van der Waals surface area contributed by atoms with E-state index in [2.05, 4.69) is 21.6 Å². The van der Waals surface area contributed by atoms with Gasteiger partial charge in [-0.05, 0) is 31.2 Å². The van der Waals surface area contributed by atoms with E-state index in [-0.39, 0.29) is 12.4 Å². The topological polar surface area (TPSA) is 21.1 Å². The van der Waals surface area contributed by atoms with Crippen molar-refractivity contribution in [3.63, 3.8) is 0 Å². The van der Waals surface area contributed by atoms with Crippen molar-refractivity contribution in [1.29, 1.82) is 0 Å². The highest BCUT2D eigenvalue weighted by Crippen LogP contribution is 2.12. The summed E-state index contributed by atoms with van der Waals surface area (Å²) in [4.78, 5) is 4.01. The van der Waals surface area contributed by atoms with Gasteiger partial charge in [-0.3, -0.25) is 14.7 Å². The van der Waals surface area contributed by atoms with Gasteiger partial charge in [0, 0.05) is 31.3 Å². The zero-order chi connectivity index (χ0) is 9.80. The molecule has 0 radical (unpaired) electrons. The fraction of sp³-hybridized carbons (Fsp3) is 0.182. The molecule has 0 atom stereocenters. The fourth-order valence-electron chi connectivity index (χ4n) is 1.48. The van der Waals surface area contributed by atoms with E-state index in [9.17, 15) is 0 Å². The van der Waals surface area contributed by atoms with E-state index in [0.29, 0.717) is 0 Å². The fourth-order valence-corrected chi connectivity index (χ4v) is 1.48. The van der Waals surface area contributed by atoms with Crippen LogP contribution in [0.2, 0.25) is 0 Å². The molecule has 0 spiro atoms. The predicted molar refractivity (Wildman–Crippen MR) is 64.3 cm³/mol. The van der Waals surface area contributed by atoms with E-state index in [1.54, 1.807) is 0 Å². The molecule has 0 aliphatic heterocycles. The lowest BCUT2D eigenvalue weighted by Crippen LogP contribution is -2.27. The van der Waals surface area contributed by atoms with Gasteiger partial charge >= 0.3 is 0 Å². The molecule has 2 aromatic rings. The van der Waals surface area contributed by atoms with Gasteiger partial charge in [0.15, 0.2) is 0 Å². The Kier molecular flexibility index (Phi) is 4.18. The van der Waals surface area contributed by atoms with Crippen LogP contribution >= 0.6 is 12.4 Å². The molecule has 0 fully saturated rings. The zero-order valence-electron chi connectivity index (χ0n) is 8.58. The lowest BCUT2D eigenvalue weighted by Gasteiger charge is -2.23. The third kappa shape index (κ3) is 2.50. The van der Waals surface area contributed by atoms with E-state index in [1.165, 1.54) is 0 Å². The summed E-state index contributed by atoms with van der Waals surface area (Å²) in [6.45, 7) is 3.05. The summed E-state index contributed by atoms with van der Waals surface area (Å²) in [5.74, 6) is 0. The van der Waals surface area contributed by atoms with Gasteiger partial charge in [0.1, 0.15) is 0 Å². The molecule has 80 valence electrons. The van der Waals surface area contributed by atoms with Gasteiger partial charge in [-0.25, -0.2) is 0 Å². The number of pyridine rings is 1. The largest absolute Gasteiger partial charge is 0.282 e. The smallest absolute Gasteiger partial charge is 0.0608 e. The van der Waals surface area contributed by atoms with Crippen molar-refractivity contribution in [3.05, 3.63) is 49.1 Å². The highest BCUT2D eigenvalue weighted by Gasteiger charge is 2.03. The van der Waals surface area contributed by atoms with Gasteiger partial charge in [-0.2, -0.15) is 0 Å². The molecule has 0 saturated carbocycles. The minimum absolute atomic E-state index is 0. The van der Waals surface area contributed by atoms with E-state index >= 15 is 0 Å². The molecule has 15 heavy (non-hydrogen) atoms. The van der Waals surface area contributed by atoms with E-state index < -0.39 is 0 Å². The third-order valence-electron chi connectivity index (χ3n) is 2.13. The highest BCUT2D eigenvalue weighted by atomic mass is 35.5. The number of halogens is 1. The second-order valence-electron chi connectivity index (χ2n) is 2.98. The van der Waals surface area contributed by atoms with Crippen LogP contribution in [0, 0.1) is 0 Å².